The number of pyridine rings is 1. The largest absolute Gasteiger partial charge is 0.481 e. The first-order chi connectivity index (χ1) is 9.52. The fraction of sp³-hybridized carbons (Fsp3) is 0.500. The number of aromatic nitrogens is 1. The van der Waals surface area contributed by atoms with E-state index in [2.05, 4.69) is 10.3 Å². The zero-order chi connectivity index (χ0) is 15.0. The molecule has 110 valence electrons. The smallest absolute Gasteiger partial charge is 0.303 e. The molecule has 6 heteroatoms. The molecule has 0 aliphatic heterocycles. The molecule has 1 heterocycles. The second kappa shape index (κ2) is 8.14. The van der Waals surface area contributed by atoms with Crippen molar-refractivity contribution < 1.29 is 14.7 Å². The van der Waals surface area contributed by atoms with Crippen molar-refractivity contribution in [2.24, 2.45) is 5.92 Å². The highest BCUT2D eigenvalue weighted by Gasteiger charge is 2.11. The number of nitrogens with two attached hydrogens (primary N) is 1. The van der Waals surface area contributed by atoms with E-state index in [9.17, 15) is 9.59 Å². The van der Waals surface area contributed by atoms with Gasteiger partial charge in [-0.25, -0.2) is 4.98 Å². The molecular weight excluding hydrogens is 258 g/mol. The Kier molecular flexibility index (Phi) is 6.49. The Morgan fingerprint density at radius 1 is 1.40 bits per heavy atom. The Morgan fingerprint density at radius 2 is 2.15 bits per heavy atom. The second-order valence-corrected chi connectivity index (χ2v) is 4.73. The molecule has 0 saturated carbocycles. The fourth-order valence-electron chi connectivity index (χ4n) is 1.90. The molecule has 0 radical (unpaired) electrons. The number of nitrogens with zero attached hydrogens (tertiary/aromatic N) is 1. The lowest BCUT2D eigenvalue weighted by molar-refractivity contribution is -0.137. The number of hydrogen-bond donors (Lipinski definition) is 3. The predicted octanol–water partition coefficient (Wildman–Crippen LogP) is 1.67. The lowest BCUT2D eigenvalue weighted by atomic mass is 9.96. The molecule has 4 N–H and O–H groups in total. The summed E-state index contributed by atoms with van der Waals surface area (Å²) >= 11 is 0. The van der Waals surface area contributed by atoms with Gasteiger partial charge in [0.05, 0.1) is 11.9 Å². The highest BCUT2D eigenvalue weighted by molar-refractivity contribution is 5.92. The van der Waals surface area contributed by atoms with Gasteiger partial charge in [-0.05, 0) is 30.9 Å². The van der Waals surface area contributed by atoms with Crippen molar-refractivity contribution in [3.05, 3.63) is 24.0 Å². The van der Waals surface area contributed by atoms with Gasteiger partial charge in [-0.15, -0.1) is 0 Å². The van der Waals surface area contributed by atoms with Gasteiger partial charge >= 0.3 is 5.97 Å². The van der Waals surface area contributed by atoms with Crippen molar-refractivity contribution in [3.8, 4) is 0 Å². The van der Waals surface area contributed by atoms with Gasteiger partial charge in [0.2, 0.25) is 0 Å². The summed E-state index contributed by atoms with van der Waals surface area (Å²) in [5, 5.41) is 11.4. The molecule has 1 unspecified atom stereocenters. The number of carbonyl (C=O) groups excluding carboxylic acids is 1. The van der Waals surface area contributed by atoms with Gasteiger partial charge < -0.3 is 16.2 Å². The highest BCUT2D eigenvalue weighted by Crippen LogP contribution is 2.14. The number of hydrogen-bond acceptors (Lipinski definition) is 4. The molecule has 0 spiro atoms. The summed E-state index contributed by atoms with van der Waals surface area (Å²) in [5.74, 6) is -0.706. The normalized spacial score (nSPS) is 11.8. The van der Waals surface area contributed by atoms with E-state index in [0.717, 1.165) is 12.8 Å². The van der Waals surface area contributed by atoms with Crippen LogP contribution in [0.5, 0.6) is 0 Å². The number of anilines is 1. The summed E-state index contributed by atoms with van der Waals surface area (Å²) in [6.45, 7) is 2.54. The van der Waals surface area contributed by atoms with Gasteiger partial charge in [0.15, 0.2) is 0 Å². The Balaban J connectivity index is 2.33. The van der Waals surface area contributed by atoms with Crippen molar-refractivity contribution in [1.82, 2.24) is 10.3 Å². The van der Waals surface area contributed by atoms with Crippen LogP contribution in [0.3, 0.4) is 0 Å². The first-order valence-electron chi connectivity index (χ1n) is 6.74. The molecule has 0 aliphatic carbocycles. The van der Waals surface area contributed by atoms with E-state index in [1.54, 1.807) is 12.1 Å². The molecule has 1 aromatic heterocycles. The summed E-state index contributed by atoms with van der Waals surface area (Å²) in [4.78, 5) is 26.3. The van der Waals surface area contributed by atoms with Crippen molar-refractivity contribution >= 4 is 17.6 Å². The third-order valence-electron chi connectivity index (χ3n) is 3.20. The van der Waals surface area contributed by atoms with E-state index >= 15 is 0 Å². The quantitative estimate of drug-likeness (QED) is 0.671. The van der Waals surface area contributed by atoms with Crippen LogP contribution in [0.4, 0.5) is 5.69 Å². The van der Waals surface area contributed by atoms with E-state index in [1.807, 2.05) is 6.92 Å². The molecule has 1 aromatic rings. The van der Waals surface area contributed by atoms with Gasteiger partial charge in [-0.1, -0.05) is 13.3 Å². The lowest BCUT2D eigenvalue weighted by Crippen LogP contribution is -2.26. The van der Waals surface area contributed by atoms with Gasteiger partial charge in [-0.3, -0.25) is 9.59 Å². The van der Waals surface area contributed by atoms with Crippen LogP contribution in [0.15, 0.2) is 18.3 Å². The van der Waals surface area contributed by atoms with E-state index in [-0.39, 0.29) is 12.3 Å². The second-order valence-electron chi connectivity index (χ2n) is 4.73. The van der Waals surface area contributed by atoms with Crippen LogP contribution in [0.2, 0.25) is 0 Å². The number of aliphatic carboxylic acids is 1. The maximum atomic E-state index is 11.8. The van der Waals surface area contributed by atoms with E-state index in [4.69, 9.17) is 10.8 Å². The average molecular weight is 279 g/mol. The van der Waals surface area contributed by atoms with Crippen molar-refractivity contribution in [2.45, 2.75) is 32.6 Å². The van der Waals surface area contributed by atoms with Crippen LogP contribution in [0, 0.1) is 5.92 Å². The summed E-state index contributed by atoms with van der Waals surface area (Å²) in [6, 6.07) is 3.20. The number of amides is 1. The van der Waals surface area contributed by atoms with Gasteiger partial charge in [-0.2, -0.15) is 0 Å². The molecular formula is C14H21N3O3. The van der Waals surface area contributed by atoms with Crippen LogP contribution in [-0.4, -0.2) is 28.5 Å². The number of carboxylic acid groups (broad SMARTS) is 1. The summed E-state index contributed by atoms with van der Waals surface area (Å²) in [6.07, 6.45) is 3.93. The van der Waals surface area contributed by atoms with Crippen molar-refractivity contribution in [1.29, 1.82) is 0 Å². The number of nitrogens with one attached hydrogen (secondary N) is 1. The first kappa shape index (κ1) is 15.9. The average Bonchev–Trinajstić information content (AvgIpc) is 2.42. The number of rotatable bonds is 8. The summed E-state index contributed by atoms with van der Waals surface area (Å²) < 4.78 is 0. The fourth-order valence-corrected chi connectivity index (χ4v) is 1.90. The molecule has 0 aromatic carbocycles. The molecule has 20 heavy (non-hydrogen) atoms. The maximum absolute atomic E-state index is 11.8. The van der Waals surface area contributed by atoms with E-state index in [1.165, 1.54) is 6.20 Å². The number of carboxylic acids is 1. The van der Waals surface area contributed by atoms with Crippen LogP contribution in [0.25, 0.3) is 0 Å². The zero-order valence-electron chi connectivity index (χ0n) is 11.6. The molecule has 0 bridgehead atoms. The van der Waals surface area contributed by atoms with Gasteiger partial charge in [0.25, 0.3) is 5.91 Å². The maximum Gasteiger partial charge on any atom is 0.303 e. The van der Waals surface area contributed by atoms with Crippen LogP contribution in [0.1, 0.15) is 43.1 Å². The van der Waals surface area contributed by atoms with Crippen LogP contribution >= 0.6 is 0 Å². The Hall–Kier alpha value is -2.11. The number of carbonyl (C=O) groups is 2. The van der Waals surface area contributed by atoms with Crippen molar-refractivity contribution in [3.63, 3.8) is 0 Å². The Morgan fingerprint density at radius 3 is 2.70 bits per heavy atom. The summed E-state index contributed by atoms with van der Waals surface area (Å²) in [5.41, 5.74) is 6.35. The third-order valence-corrected chi connectivity index (χ3v) is 3.20. The highest BCUT2D eigenvalue weighted by atomic mass is 16.4. The molecule has 0 aliphatic rings. The van der Waals surface area contributed by atoms with Gasteiger partial charge in [0.1, 0.15) is 5.69 Å². The molecule has 0 fully saturated rings. The monoisotopic (exact) mass is 279 g/mol. The SMILES string of the molecule is CCC(CCNC(=O)c1ccc(N)cn1)CCC(=O)O. The van der Waals surface area contributed by atoms with Crippen molar-refractivity contribution in [2.75, 3.05) is 12.3 Å². The van der Waals surface area contributed by atoms with E-state index < -0.39 is 5.97 Å². The first-order valence-corrected chi connectivity index (χ1v) is 6.74. The minimum atomic E-state index is -0.779. The molecule has 1 amide bonds. The van der Waals surface area contributed by atoms with Gasteiger partial charge in [0, 0.05) is 13.0 Å². The predicted molar refractivity (Wildman–Crippen MR) is 76.3 cm³/mol. The Labute approximate surface area is 118 Å². The molecule has 0 saturated heterocycles. The molecule has 6 nitrogen and oxygen atoms in total. The third kappa shape index (κ3) is 5.69. The van der Waals surface area contributed by atoms with E-state index in [0.29, 0.717) is 30.3 Å². The van der Waals surface area contributed by atoms with Crippen LogP contribution in [-0.2, 0) is 4.79 Å². The van der Waals surface area contributed by atoms with Crippen LogP contribution < -0.4 is 11.1 Å². The minimum absolute atomic E-state index is 0.173. The standard InChI is InChI=1S/C14H21N3O3/c1-2-10(3-6-13(18)19)7-8-16-14(20)12-5-4-11(15)9-17-12/h4-5,9-10H,2-3,6-8,15H2,1H3,(H,16,20)(H,18,19). The minimum Gasteiger partial charge on any atom is -0.481 e. The molecule has 1 rings (SSSR count). The number of nitrogen functional groups attached to an aromatic ring is 1. The zero-order valence-corrected chi connectivity index (χ0v) is 11.6. The topological polar surface area (TPSA) is 105 Å². The summed E-state index contributed by atoms with van der Waals surface area (Å²) in [7, 11) is 0. The lowest BCUT2D eigenvalue weighted by Gasteiger charge is -2.13. The molecule has 1 atom stereocenters. The Bertz CT molecular complexity index is 445.